The van der Waals surface area contributed by atoms with E-state index in [0.717, 1.165) is 10.5 Å². The molecule has 1 atom stereocenters. The molecule has 5 heteroatoms. The third-order valence-corrected chi connectivity index (χ3v) is 4.52. The predicted octanol–water partition coefficient (Wildman–Crippen LogP) is 2.72. The van der Waals surface area contributed by atoms with Crippen molar-refractivity contribution in [3.05, 3.63) is 66.2 Å². The number of thioether (sulfide) groups is 1. The van der Waals surface area contributed by atoms with Crippen molar-refractivity contribution >= 4 is 23.6 Å². The molecule has 0 aliphatic rings. The number of amides is 2. The lowest BCUT2D eigenvalue weighted by molar-refractivity contribution is -0.130. The third kappa shape index (κ3) is 5.14. The van der Waals surface area contributed by atoms with E-state index in [1.54, 1.807) is 14.1 Å². The molecule has 1 N–H and O–H groups in total. The molecule has 0 radical (unpaired) electrons. The summed E-state index contributed by atoms with van der Waals surface area (Å²) in [5.41, 5.74) is 0.913. The number of benzene rings is 2. The maximum atomic E-state index is 12.6. The van der Waals surface area contributed by atoms with Gasteiger partial charge in [0.05, 0.1) is 6.54 Å². The van der Waals surface area contributed by atoms with Crippen LogP contribution in [0, 0.1) is 0 Å². The van der Waals surface area contributed by atoms with Crippen molar-refractivity contribution in [1.29, 1.82) is 0 Å². The monoisotopic (exact) mass is 328 g/mol. The van der Waals surface area contributed by atoms with Crippen LogP contribution in [0.4, 0.5) is 0 Å². The number of nitrogens with zero attached hydrogens (tertiary/aromatic N) is 1. The summed E-state index contributed by atoms with van der Waals surface area (Å²) in [4.78, 5) is 26.7. The summed E-state index contributed by atoms with van der Waals surface area (Å²) >= 11 is 1.47. The molecule has 0 unspecified atom stereocenters. The summed E-state index contributed by atoms with van der Waals surface area (Å²) in [6.45, 7) is 0.00448. The fourth-order valence-electron chi connectivity index (χ4n) is 1.95. The van der Waals surface area contributed by atoms with Crippen molar-refractivity contribution in [3.8, 4) is 0 Å². The van der Waals surface area contributed by atoms with Gasteiger partial charge in [-0.3, -0.25) is 9.59 Å². The average Bonchev–Trinajstić information content (AvgIpc) is 2.58. The number of hydrogen-bond donors (Lipinski definition) is 1. The number of rotatable bonds is 6. The summed E-state index contributed by atoms with van der Waals surface area (Å²) in [7, 11) is 3.34. The Kier molecular flexibility index (Phi) is 6.23. The zero-order valence-electron chi connectivity index (χ0n) is 13.2. The topological polar surface area (TPSA) is 49.4 Å². The fraction of sp³-hybridized carbons (Fsp3) is 0.222. The minimum Gasteiger partial charge on any atom is -0.347 e. The number of carbonyl (C=O) groups is 2. The van der Waals surface area contributed by atoms with E-state index in [0.29, 0.717) is 0 Å². The molecule has 2 aromatic rings. The van der Waals surface area contributed by atoms with E-state index in [1.165, 1.54) is 16.7 Å². The first kappa shape index (κ1) is 17.1. The summed E-state index contributed by atoms with van der Waals surface area (Å²) < 4.78 is 0. The normalized spacial score (nSPS) is 11.6. The van der Waals surface area contributed by atoms with Crippen molar-refractivity contribution in [2.24, 2.45) is 0 Å². The van der Waals surface area contributed by atoms with Crippen molar-refractivity contribution in [2.75, 3.05) is 20.6 Å². The molecular formula is C18H20N2O2S. The molecule has 0 aliphatic carbocycles. The molecule has 0 aliphatic heterocycles. The fourth-order valence-corrected chi connectivity index (χ4v) is 3.02. The molecule has 0 spiro atoms. The quantitative estimate of drug-likeness (QED) is 0.830. The first-order valence-electron chi connectivity index (χ1n) is 7.32. The minimum atomic E-state index is -0.395. The van der Waals surface area contributed by atoms with Gasteiger partial charge in [0.25, 0.3) is 0 Å². The van der Waals surface area contributed by atoms with Gasteiger partial charge < -0.3 is 10.2 Å². The van der Waals surface area contributed by atoms with Gasteiger partial charge in [0.1, 0.15) is 5.25 Å². The number of carbonyl (C=O) groups excluding carboxylic acids is 2. The van der Waals surface area contributed by atoms with Crippen LogP contribution >= 0.6 is 11.8 Å². The van der Waals surface area contributed by atoms with Crippen molar-refractivity contribution < 1.29 is 9.59 Å². The number of likely N-dealkylation sites (N-methyl/N-ethyl adjacent to an activating group) is 1. The van der Waals surface area contributed by atoms with E-state index < -0.39 is 5.25 Å². The second kappa shape index (κ2) is 8.39. The Hall–Kier alpha value is -2.27. The Balaban J connectivity index is 2.13. The van der Waals surface area contributed by atoms with Gasteiger partial charge in [0.15, 0.2) is 0 Å². The maximum absolute atomic E-state index is 12.6. The highest BCUT2D eigenvalue weighted by molar-refractivity contribution is 8.00. The van der Waals surface area contributed by atoms with Gasteiger partial charge in [-0.25, -0.2) is 0 Å². The molecule has 0 bridgehead atoms. The van der Waals surface area contributed by atoms with E-state index in [-0.39, 0.29) is 18.4 Å². The van der Waals surface area contributed by atoms with E-state index in [2.05, 4.69) is 5.32 Å². The van der Waals surface area contributed by atoms with E-state index in [1.807, 2.05) is 60.7 Å². The van der Waals surface area contributed by atoms with Crippen molar-refractivity contribution in [2.45, 2.75) is 10.1 Å². The summed E-state index contributed by atoms with van der Waals surface area (Å²) in [6.07, 6.45) is 0. The number of hydrogen-bond acceptors (Lipinski definition) is 3. The van der Waals surface area contributed by atoms with Crippen molar-refractivity contribution in [1.82, 2.24) is 10.2 Å². The first-order chi connectivity index (χ1) is 11.1. The Morgan fingerprint density at radius 3 is 2.13 bits per heavy atom. The molecule has 4 nitrogen and oxygen atoms in total. The lowest BCUT2D eigenvalue weighted by Gasteiger charge is -2.18. The molecule has 0 heterocycles. The smallest absolute Gasteiger partial charge is 0.241 e. The average molecular weight is 328 g/mol. The van der Waals surface area contributed by atoms with E-state index in [4.69, 9.17) is 0 Å². The molecule has 0 saturated heterocycles. The highest BCUT2D eigenvalue weighted by Crippen LogP contribution is 2.35. The van der Waals surface area contributed by atoms with E-state index >= 15 is 0 Å². The van der Waals surface area contributed by atoms with Gasteiger partial charge in [-0.15, -0.1) is 11.8 Å². The lowest BCUT2D eigenvalue weighted by atomic mass is 10.1. The highest BCUT2D eigenvalue weighted by Gasteiger charge is 2.22. The van der Waals surface area contributed by atoms with E-state index in [9.17, 15) is 9.59 Å². The van der Waals surface area contributed by atoms with Crippen LogP contribution in [-0.4, -0.2) is 37.4 Å². The second-order valence-electron chi connectivity index (χ2n) is 5.23. The Bertz CT molecular complexity index is 645. The molecule has 120 valence electrons. The molecule has 2 aromatic carbocycles. The van der Waals surface area contributed by atoms with Gasteiger partial charge >= 0.3 is 0 Å². The molecule has 2 amide bonds. The Morgan fingerprint density at radius 2 is 1.57 bits per heavy atom. The zero-order valence-corrected chi connectivity index (χ0v) is 14.0. The second-order valence-corrected chi connectivity index (χ2v) is 6.41. The lowest BCUT2D eigenvalue weighted by Crippen LogP contribution is -2.37. The Labute approximate surface area is 140 Å². The molecule has 0 fully saturated rings. The standard InChI is InChI=1S/C18H20N2O2S/c1-20(2)16(21)13-19-18(22)17(14-9-5-3-6-10-14)23-15-11-7-4-8-12-15/h3-12,17H,13H2,1-2H3,(H,19,22)/t17-/m0/s1. The SMILES string of the molecule is CN(C)C(=O)CNC(=O)[C@@H](Sc1ccccc1)c1ccccc1. The zero-order chi connectivity index (χ0) is 16.7. The largest absolute Gasteiger partial charge is 0.347 e. The van der Waals surface area contributed by atoms with Gasteiger partial charge in [-0.1, -0.05) is 48.5 Å². The minimum absolute atomic E-state index is 0.00448. The third-order valence-electron chi connectivity index (χ3n) is 3.25. The van der Waals surface area contributed by atoms with Crippen LogP contribution in [0.3, 0.4) is 0 Å². The summed E-state index contributed by atoms with van der Waals surface area (Å²) in [6, 6.07) is 19.4. The van der Waals surface area contributed by atoms with Crippen LogP contribution in [0.1, 0.15) is 10.8 Å². The van der Waals surface area contributed by atoms with Crippen LogP contribution in [0.2, 0.25) is 0 Å². The van der Waals surface area contributed by atoms with Gasteiger partial charge in [0, 0.05) is 19.0 Å². The highest BCUT2D eigenvalue weighted by atomic mass is 32.2. The van der Waals surface area contributed by atoms with Gasteiger partial charge in [-0.05, 0) is 17.7 Å². The predicted molar refractivity (Wildman–Crippen MR) is 93.2 cm³/mol. The van der Waals surface area contributed by atoms with Crippen LogP contribution in [0.25, 0.3) is 0 Å². The van der Waals surface area contributed by atoms with Crippen LogP contribution < -0.4 is 5.32 Å². The number of nitrogens with one attached hydrogen (secondary N) is 1. The van der Waals surface area contributed by atoms with Crippen LogP contribution in [0.15, 0.2) is 65.6 Å². The van der Waals surface area contributed by atoms with Crippen LogP contribution in [-0.2, 0) is 9.59 Å². The molecule has 0 saturated carbocycles. The summed E-state index contributed by atoms with van der Waals surface area (Å²) in [5.74, 6) is -0.296. The summed E-state index contributed by atoms with van der Waals surface area (Å²) in [5, 5.41) is 2.34. The van der Waals surface area contributed by atoms with Crippen molar-refractivity contribution in [3.63, 3.8) is 0 Å². The van der Waals surface area contributed by atoms with Gasteiger partial charge in [0.2, 0.25) is 11.8 Å². The maximum Gasteiger partial charge on any atom is 0.241 e. The first-order valence-corrected chi connectivity index (χ1v) is 8.20. The molecule has 23 heavy (non-hydrogen) atoms. The Morgan fingerprint density at radius 1 is 1.00 bits per heavy atom. The van der Waals surface area contributed by atoms with Gasteiger partial charge in [-0.2, -0.15) is 0 Å². The molecular weight excluding hydrogens is 308 g/mol. The molecule has 0 aromatic heterocycles. The van der Waals surface area contributed by atoms with Crippen LogP contribution in [0.5, 0.6) is 0 Å². The molecule has 2 rings (SSSR count).